The average molecular weight is 283 g/mol. The molecule has 0 radical (unpaired) electrons. The summed E-state index contributed by atoms with van der Waals surface area (Å²) in [6.45, 7) is 11.2. The molecular formula is C15H23ClN2O. The zero-order valence-corrected chi connectivity index (χ0v) is 12.9. The molecule has 2 N–H and O–H groups in total. The van der Waals surface area contributed by atoms with Gasteiger partial charge in [-0.2, -0.15) is 0 Å². The summed E-state index contributed by atoms with van der Waals surface area (Å²) in [6.07, 6.45) is 0. The van der Waals surface area contributed by atoms with Crippen molar-refractivity contribution in [2.24, 2.45) is 0 Å². The minimum atomic E-state index is -0.125. The molecule has 0 bridgehead atoms. The molecule has 1 saturated heterocycles. The highest BCUT2D eigenvalue weighted by Crippen LogP contribution is 2.29. The minimum absolute atomic E-state index is 0.125. The Labute approximate surface area is 120 Å². The van der Waals surface area contributed by atoms with Crippen LogP contribution in [-0.2, 0) is 11.3 Å². The van der Waals surface area contributed by atoms with Crippen LogP contribution < -0.4 is 5.73 Å². The van der Waals surface area contributed by atoms with Crippen molar-refractivity contribution < 1.29 is 4.74 Å². The first kappa shape index (κ1) is 14.6. The second-order valence-corrected chi connectivity index (χ2v) is 7.03. The van der Waals surface area contributed by atoms with Crippen LogP contribution in [0.15, 0.2) is 18.2 Å². The van der Waals surface area contributed by atoms with Gasteiger partial charge in [-0.1, -0.05) is 17.7 Å². The van der Waals surface area contributed by atoms with E-state index in [1.165, 1.54) is 5.56 Å². The topological polar surface area (TPSA) is 38.5 Å². The first-order chi connectivity index (χ1) is 8.67. The number of benzene rings is 1. The molecule has 0 aliphatic carbocycles. The summed E-state index contributed by atoms with van der Waals surface area (Å²) in [4.78, 5) is 2.41. The maximum absolute atomic E-state index is 6.08. The van der Waals surface area contributed by atoms with E-state index >= 15 is 0 Å². The van der Waals surface area contributed by atoms with Crippen LogP contribution in [0, 0.1) is 0 Å². The molecule has 0 spiro atoms. The number of nitrogens with zero attached hydrogens (tertiary/aromatic N) is 1. The van der Waals surface area contributed by atoms with Crippen molar-refractivity contribution in [3.63, 3.8) is 0 Å². The Balaban J connectivity index is 2.11. The van der Waals surface area contributed by atoms with Crippen molar-refractivity contribution in [2.45, 2.75) is 45.4 Å². The van der Waals surface area contributed by atoms with Crippen molar-refractivity contribution >= 4 is 17.3 Å². The molecule has 0 amide bonds. The van der Waals surface area contributed by atoms with E-state index in [1.807, 2.05) is 18.2 Å². The van der Waals surface area contributed by atoms with E-state index in [9.17, 15) is 0 Å². The predicted molar refractivity (Wildman–Crippen MR) is 80.4 cm³/mol. The van der Waals surface area contributed by atoms with Gasteiger partial charge in [0, 0.05) is 19.6 Å². The smallest absolute Gasteiger partial charge is 0.0760 e. The van der Waals surface area contributed by atoms with Gasteiger partial charge in [-0.05, 0) is 45.4 Å². The molecule has 1 aromatic rings. The van der Waals surface area contributed by atoms with Gasteiger partial charge < -0.3 is 10.5 Å². The number of hydrogen-bond acceptors (Lipinski definition) is 3. The first-order valence-electron chi connectivity index (χ1n) is 6.63. The van der Waals surface area contributed by atoms with Crippen LogP contribution in [0.25, 0.3) is 0 Å². The largest absolute Gasteiger partial charge is 0.398 e. The maximum Gasteiger partial charge on any atom is 0.0760 e. The molecule has 4 heteroatoms. The first-order valence-corrected chi connectivity index (χ1v) is 7.01. The Morgan fingerprint density at radius 1 is 1.21 bits per heavy atom. The molecule has 1 heterocycles. The molecule has 0 aromatic heterocycles. The number of nitrogen functional groups attached to an aromatic ring is 1. The van der Waals surface area contributed by atoms with Gasteiger partial charge in [0.2, 0.25) is 0 Å². The molecule has 3 nitrogen and oxygen atoms in total. The number of ether oxygens (including phenoxy) is 1. The van der Waals surface area contributed by atoms with Crippen molar-refractivity contribution in [3.05, 3.63) is 28.8 Å². The van der Waals surface area contributed by atoms with Crippen LogP contribution in [0.3, 0.4) is 0 Å². The lowest BCUT2D eigenvalue weighted by Gasteiger charge is -2.47. The predicted octanol–water partition coefficient (Wildman–Crippen LogP) is 3.31. The number of rotatable bonds is 2. The highest BCUT2D eigenvalue weighted by atomic mass is 35.5. The van der Waals surface area contributed by atoms with Crippen molar-refractivity contribution in [3.8, 4) is 0 Å². The third-order valence-electron chi connectivity index (χ3n) is 3.23. The molecule has 1 fully saturated rings. The third kappa shape index (κ3) is 3.85. The lowest BCUT2D eigenvalue weighted by atomic mass is 9.98. The number of nitrogens with two attached hydrogens (primary N) is 1. The van der Waals surface area contributed by atoms with Gasteiger partial charge in [-0.15, -0.1) is 0 Å². The van der Waals surface area contributed by atoms with E-state index in [0.717, 1.165) is 19.6 Å². The zero-order chi connectivity index (χ0) is 14.3. The summed E-state index contributed by atoms with van der Waals surface area (Å²) >= 11 is 5.96. The molecule has 2 rings (SSSR count). The van der Waals surface area contributed by atoms with Crippen LogP contribution in [0.2, 0.25) is 5.02 Å². The normalized spacial score (nSPS) is 22.4. The van der Waals surface area contributed by atoms with E-state index in [-0.39, 0.29) is 11.2 Å². The van der Waals surface area contributed by atoms with Gasteiger partial charge >= 0.3 is 0 Å². The lowest BCUT2D eigenvalue weighted by molar-refractivity contribution is -0.182. The summed E-state index contributed by atoms with van der Waals surface area (Å²) < 4.78 is 6.08. The quantitative estimate of drug-likeness (QED) is 0.846. The monoisotopic (exact) mass is 282 g/mol. The Bertz CT molecular complexity index is 455. The van der Waals surface area contributed by atoms with Crippen molar-refractivity contribution in [2.75, 3.05) is 18.8 Å². The van der Waals surface area contributed by atoms with E-state index in [2.05, 4.69) is 32.6 Å². The van der Waals surface area contributed by atoms with Gasteiger partial charge in [-0.3, -0.25) is 4.90 Å². The van der Waals surface area contributed by atoms with Crippen LogP contribution >= 0.6 is 11.6 Å². The molecular weight excluding hydrogens is 260 g/mol. The molecule has 1 aromatic carbocycles. The molecule has 0 atom stereocenters. The van der Waals surface area contributed by atoms with E-state index < -0.39 is 0 Å². The number of anilines is 1. The Morgan fingerprint density at radius 3 is 2.32 bits per heavy atom. The van der Waals surface area contributed by atoms with E-state index in [4.69, 9.17) is 22.1 Å². The zero-order valence-electron chi connectivity index (χ0n) is 12.2. The van der Waals surface area contributed by atoms with Gasteiger partial charge in [0.1, 0.15) is 0 Å². The Morgan fingerprint density at radius 2 is 1.79 bits per heavy atom. The molecule has 106 valence electrons. The van der Waals surface area contributed by atoms with Gasteiger partial charge in [0.25, 0.3) is 0 Å². The third-order valence-corrected chi connectivity index (χ3v) is 3.57. The van der Waals surface area contributed by atoms with Crippen LogP contribution in [0.5, 0.6) is 0 Å². The maximum atomic E-state index is 6.08. The van der Waals surface area contributed by atoms with Gasteiger partial charge in [-0.25, -0.2) is 0 Å². The number of morpholine rings is 1. The lowest BCUT2D eigenvalue weighted by Crippen LogP contribution is -2.56. The van der Waals surface area contributed by atoms with E-state index in [0.29, 0.717) is 10.7 Å². The molecule has 1 aliphatic heterocycles. The fourth-order valence-corrected chi connectivity index (χ4v) is 3.12. The molecule has 0 saturated carbocycles. The summed E-state index contributed by atoms with van der Waals surface area (Å²) in [7, 11) is 0. The summed E-state index contributed by atoms with van der Waals surface area (Å²) in [5, 5.41) is 0.617. The van der Waals surface area contributed by atoms with Gasteiger partial charge in [0.15, 0.2) is 0 Å². The SMILES string of the molecule is CC1(C)CN(Cc2ccc(Cl)c(N)c2)CC(C)(C)O1. The van der Waals surface area contributed by atoms with Gasteiger partial charge in [0.05, 0.1) is 21.9 Å². The number of hydrogen-bond donors (Lipinski definition) is 1. The second kappa shape index (κ2) is 4.97. The van der Waals surface area contributed by atoms with E-state index in [1.54, 1.807) is 0 Å². The average Bonchev–Trinajstić information content (AvgIpc) is 2.18. The molecule has 19 heavy (non-hydrogen) atoms. The van der Waals surface area contributed by atoms with Crippen molar-refractivity contribution in [1.82, 2.24) is 4.90 Å². The standard InChI is InChI=1S/C15H23ClN2O/c1-14(2)9-18(10-15(3,4)19-14)8-11-5-6-12(16)13(17)7-11/h5-7H,8-10,17H2,1-4H3. The van der Waals surface area contributed by atoms with Crippen LogP contribution in [0.1, 0.15) is 33.3 Å². The Kier molecular flexibility index (Phi) is 3.83. The Hall–Kier alpha value is -0.770. The number of halogens is 1. The van der Waals surface area contributed by atoms with Crippen molar-refractivity contribution in [1.29, 1.82) is 0 Å². The summed E-state index contributed by atoms with van der Waals surface area (Å²) in [5.41, 5.74) is 7.44. The second-order valence-electron chi connectivity index (χ2n) is 6.62. The molecule has 1 aliphatic rings. The van der Waals surface area contributed by atoms with Crippen LogP contribution in [-0.4, -0.2) is 29.2 Å². The highest BCUT2D eigenvalue weighted by molar-refractivity contribution is 6.33. The van der Waals surface area contributed by atoms with Crippen LogP contribution in [0.4, 0.5) is 5.69 Å². The molecule has 0 unspecified atom stereocenters. The fraction of sp³-hybridized carbons (Fsp3) is 0.600. The summed E-state index contributed by atoms with van der Waals surface area (Å²) in [6, 6.07) is 5.86. The minimum Gasteiger partial charge on any atom is -0.398 e. The summed E-state index contributed by atoms with van der Waals surface area (Å²) in [5.74, 6) is 0. The fourth-order valence-electron chi connectivity index (χ4n) is 3.01. The highest BCUT2D eigenvalue weighted by Gasteiger charge is 2.37.